The van der Waals surface area contributed by atoms with Gasteiger partial charge in [-0.2, -0.15) is 0 Å². The predicted octanol–water partition coefficient (Wildman–Crippen LogP) is 0.303. The van der Waals surface area contributed by atoms with E-state index < -0.39 is 16.4 Å². The Morgan fingerprint density at radius 1 is 1.73 bits per heavy atom. The van der Waals surface area contributed by atoms with E-state index in [-0.39, 0.29) is 0 Å². The van der Waals surface area contributed by atoms with Crippen molar-refractivity contribution in [3.63, 3.8) is 0 Å². The summed E-state index contributed by atoms with van der Waals surface area (Å²) in [6.07, 6.45) is 1.11. The Hall–Kier alpha value is -1.39. The molecule has 0 saturated heterocycles. The van der Waals surface area contributed by atoms with Crippen LogP contribution in [0.3, 0.4) is 0 Å². The minimum absolute atomic E-state index is 0.410. The monoisotopic (exact) mass is 158 g/mol. The van der Waals surface area contributed by atoms with Crippen LogP contribution in [0.2, 0.25) is 0 Å². The number of allylic oxidation sites excluding steroid dienone is 1. The van der Waals surface area contributed by atoms with E-state index in [1.165, 1.54) is 0 Å². The highest BCUT2D eigenvalue weighted by Crippen LogP contribution is 1.94. The van der Waals surface area contributed by atoms with Crippen molar-refractivity contribution in [2.24, 2.45) is 0 Å². The highest BCUT2D eigenvalue weighted by molar-refractivity contribution is 5.90. The van der Waals surface area contributed by atoms with Crippen LogP contribution >= 0.6 is 0 Å². The van der Waals surface area contributed by atoms with Gasteiger partial charge >= 0.3 is 5.70 Å². The predicted molar refractivity (Wildman–Crippen MR) is 39.4 cm³/mol. The molecule has 0 spiro atoms. The lowest BCUT2D eigenvalue weighted by molar-refractivity contribution is -0.419. The average Bonchev–Trinajstić information content (AvgIpc) is 1.87. The Balaban J connectivity index is 4.33. The maximum Gasteiger partial charge on any atom is 0.327 e. The van der Waals surface area contributed by atoms with Gasteiger partial charge in [0.2, 0.25) is 5.78 Å². The largest absolute Gasteiger partial charge is 0.386 e. The average molecular weight is 158 g/mol. The van der Waals surface area contributed by atoms with E-state index >= 15 is 0 Å². The molecule has 0 aromatic heterocycles. The van der Waals surface area contributed by atoms with E-state index in [9.17, 15) is 14.9 Å². The third-order valence-electron chi connectivity index (χ3n) is 1.00. The molecule has 62 valence electrons. The first-order valence-electron chi connectivity index (χ1n) is 3.18. The van der Waals surface area contributed by atoms with Gasteiger partial charge in [0.25, 0.3) is 0 Å². The molecule has 0 fully saturated rings. The number of rotatable bonds is 4. The number of nitro groups is 1. The second-order valence-electron chi connectivity index (χ2n) is 1.90. The highest BCUT2D eigenvalue weighted by atomic mass is 16.6. The molecule has 11 heavy (non-hydrogen) atoms. The van der Waals surface area contributed by atoms with Crippen LogP contribution in [0.5, 0.6) is 0 Å². The summed E-state index contributed by atoms with van der Waals surface area (Å²) in [6.45, 7) is 3.50. The van der Waals surface area contributed by atoms with Crippen molar-refractivity contribution in [2.75, 3.05) is 6.54 Å². The molecule has 0 aliphatic carbocycles. The zero-order valence-electron chi connectivity index (χ0n) is 6.46. The molecule has 0 atom stereocenters. The molecule has 0 aliphatic rings. The molecule has 0 aromatic carbocycles. The molecule has 0 unspecified atom stereocenters. The first-order chi connectivity index (χ1) is 5.09. The Labute approximate surface area is 64.2 Å². The van der Waals surface area contributed by atoms with Crippen molar-refractivity contribution >= 4 is 5.78 Å². The smallest absolute Gasteiger partial charge is 0.327 e. The van der Waals surface area contributed by atoms with Gasteiger partial charge in [0.1, 0.15) is 0 Å². The quantitative estimate of drug-likeness (QED) is 0.363. The van der Waals surface area contributed by atoms with Gasteiger partial charge in [-0.1, -0.05) is 0 Å². The number of ketones is 1. The maximum atomic E-state index is 10.5. The first-order valence-corrected chi connectivity index (χ1v) is 3.18. The number of nitrogens with one attached hydrogen (secondary N) is 1. The molecule has 0 aromatic rings. The Morgan fingerprint density at radius 2 is 2.27 bits per heavy atom. The standard InChI is InChI=1S/C6H10N2O3/c1-3-7-4-6(5(2)9)8(10)11/h4,7H,3H2,1-2H3/b6-4-. The molecule has 5 heteroatoms. The molecule has 0 heterocycles. The Kier molecular flexibility index (Phi) is 3.87. The summed E-state index contributed by atoms with van der Waals surface area (Å²) in [4.78, 5) is 20.0. The van der Waals surface area contributed by atoms with Crippen molar-refractivity contribution in [3.8, 4) is 0 Å². The SMILES string of the molecule is CCN/C=C(/C(C)=O)[N+](=O)[O-]. The van der Waals surface area contributed by atoms with E-state index in [0.717, 1.165) is 13.1 Å². The second-order valence-corrected chi connectivity index (χ2v) is 1.90. The summed E-state index contributed by atoms with van der Waals surface area (Å²) in [5.41, 5.74) is -0.410. The van der Waals surface area contributed by atoms with Crippen LogP contribution in [0.1, 0.15) is 13.8 Å². The minimum Gasteiger partial charge on any atom is -0.386 e. The van der Waals surface area contributed by atoms with Crippen LogP contribution < -0.4 is 5.32 Å². The van der Waals surface area contributed by atoms with Crippen LogP contribution in [0.4, 0.5) is 0 Å². The normalized spacial score (nSPS) is 10.9. The fourth-order valence-electron chi connectivity index (χ4n) is 0.482. The van der Waals surface area contributed by atoms with Crippen LogP contribution in [-0.2, 0) is 4.79 Å². The number of carbonyl (C=O) groups is 1. The van der Waals surface area contributed by atoms with Gasteiger partial charge in [0.15, 0.2) is 0 Å². The molecular formula is C6H10N2O3. The third kappa shape index (κ3) is 3.34. The van der Waals surface area contributed by atoms with Gasteiger partial charge in [-0.15, -0.1) is 0 Å². The second kappa shape index (κ2) is 4.43. The summed E-state index contributed by atoms with van der Waals surface area (Å²) in [6, 6.07) is 0. The zero-order valence-corrected chi connectivity index (χ0v) is 6.46. The number of Topliss-reactive ketones (excluding diaryl/α,β-unsaturated/α-hetero) is 1. The Morgan fingerprint density at radius 3 is 2.55 bits per heavy atom. The molecule has 0 rings (SSSR count). The van der Waals surface area contributed by atoms with E-state index in [4.69, 9.17) is 0 Å². The molecule has 0 aliphatic heterocycles. The summed E-state index contributed by atoms with van der Waals surface area (Å²) in [5.74, 6) is -0.545. The topological polar surface area (TPSA) is 72.2 Å². The Bertz CT molecular complexity index is 182. The van der Waals surface area contributed by atoms with Crippen LogP contribution in [0.25, 0.3) is 0 Å². The van der Waals surface area contributed by atoms with Crippen molar-refractivity contribution in [1.82, 2.24) is 5.32 Å². The van der Waals surface area contributed by atoms with Gasteiger partial charge in [0.05, 0.1) is 11.1 Å². The van der Waals surface area contributed by atoms with Crippen molar-refractivity contribution in [1.29, 1.82) is 0 Å². The van der Waals surface area contributed by atoms with E-state index in [1.54, 1.807) is 6.92 Å². The number of hydrogen-bond donors (Lipinski definition) is 1. The molecule has 0 amide bonds. The molecule has 0 bridgehead atoms. The van der Waals surface area contributed by atoms with Gasteiger partial charge in [-0.25, -0.2) is 0 Å². The van der Waals surface area contributed by atoms with Gasteiger partial charge in [0, 0.05) is 13.5 Å². The maximum absolute atomic E-state index is 10.5. The van der Waals surface area contributed by atoms with Crippen molar-refractivity contribution in [3.05, 3.63) is 22.0 Å². The molecular weight excluding hydrogens is 148 g/mol. The lowest BCUT2D eigenvalue weighted by atomic mass is 10.3. The van der Waals surface area contributed by atoms with Gasteiger partial charge in [-0.05, 0) is 6.92 Å². The number of nitrogens with zero attached hydrogens (tertiary/aromatic N) is 1. The van der Waals surface area contributed by atoms with Crippen LogP contribution in [0, 0.1) is 10.1 Å². The molecule has 1 N–H and O–H groups in total. The fraction of sp³-hybridized carbons (Fsp3) is 0.500. The summed E-state index contributed by atoms with van der Waals surface area (Å²) in [5, 5.41) is 12.7. The number of hydrogen-bond acceptors (Lipinski definition) is 4. The minimum atomic E-state index is -0.703. The lowest BCUT2D eigenvalue weighted by Gasteiger charge is -1.93. The molecule has 5 nitrogen and oxygen atoms in total. The van der Waals surface area contributed by atoms with E-state index in [2.05, 4.69) is 5.32 Å². The summed E-state index contributed by atoms with van der Waals surface area (Å²) in [7, 11) is 0. The molecule has 0 radical (unpaired) electrons. The van der Waals surface area contributed by atoms with Gasteiger partial charge in [-0.3, -0.25) is 14.9 Å². The summed E-state index contributed by atoms with van der Waals surface area (Å²) >= 11 is 0. The van der Waals surface area contributed by atoms with E-state index in [0.29, 0.717) is 6.54 Å². The van der Waals surface area contributed by atoms with E-state index in [1.807, 2.05) is 0 Å². The van der Waals surface area contributed by atoms with Crippen LogP contribution in [-0.4, -0.2) is 17.3 Å². The third-order valence-corrected chi connectivity index (χ3v) is 1.00. The zero-order chi connectivity index (χ0) is 8.85. The summed E-state index contributed by atoms with van der Waals surface area (Å²) < 4.78 is 0. The lowest BCUT2D eigenvalue weighted by Crippen LogP contribution is -2.13. The van der Waals surface area contributed by atoms with Crippen molar-refractivity contribution < 1.29 is 9.72 Å². The highest BCUT2D eigenvalue weighted by Gasteiger charge is 2.15. The van der Waals surface area contributed by atoms with Crippen molar-refractivity contribution in [2.45, 2.75) is 13.8 Å². The first kappa shape index (κ1) is 9.61. The fourth-order valence-corrected chi connectivity index (χ4v) is 0.482. The van der Waals surface area contributed by atoms with Crippen LogP contribution in [0.15, 0.2) is 11.9 Å². The number of carbonyl (C=O) groups excluding carboxylic acids is 1. The molecule has 0 saturated carbocycles. The van der Waals surface area contributed by atoms with Gasteiger partial charge < -0.3 is 5.32 Å².